The standard InChI is InChI=1S/C37H18N8/c1-40-29-13-23(19-38)11-27(15-29)25-7-9-35-32(17-25)33-18-26(28-12-24(20-39)14-30(16-28)41-2)8-10-36(33)45(35)34-6-4-3-5-31(34)37-43-21-42-22-44-37/h3-18,21-22H. The van der Waals surface area contributed by atoms with Crippen molar-refractivity contribution in [1.29, 1.82) is 10.5 Å². The third-order valence-electron chi connectivity index (χ3n) is 7.66. The van der Waals surface area contributed by atoms with Gasteiger partial charge in [-0.25, -0.2) is 24.6 Å². The van der Waals surface area contributed by atoms with Gasteiger partial charge in [-0.15, -0.1) is 0 Å². The number of para-hydroxylation sites is 1. The topological polar surface area (TPSA) is 99.9 Å². The molecule has 0 N–H and O–H groups in total. The molecule has 2 heterocycles. The van der Waals surface area contributed by atoms with Crippen molar-refractivity contribution in [1.82, 2.24) is 19.5 Å². The van der Waals surface area contributed by atoms with E-state index in [0.717, 1.165) is 55.3 Å². The summed E-state index contributed by atoms with van der Waals surface area (Å²) < 4.78 is 2.17. The number of hydrogen-bond acceptors (Lipinski definition) is 5. The summed E-state index contributed by atoms with van der Waals surface area (Å²) in [6.45, 7) is 15.1. The van der Waals surface area contributed by atoms with Gasteiger partial charge in [-0.05, 0) is 95.1 Å². The Labute approximate surface area is 258 Å². The first kappa shape index (κ1) is 26.7. The zero-order valence-corrected chi connectivity index (χ0v) is 23.5. The summed E-state index contributed by atoms with van der Waals surface area (Å²) in [7, 11) is 0. The van der Waals surface area contributed by atoms with Crippen LogP contribution in [-0.2, 0) is 0 Å². The van der Waals surface area contributed by atoms with E-state index in [1.54, 1.807) is 36.4 Å². The number of rotatable bonds is 4. The predicted octanol–water partition coefficient (Wildman–Crippen LogP) is 8.81. The largest absolute Gasteiger partial charge is 0.309 e. The zero-order valence-electron chi connectivity index (χ0n) is 23.5. The van der Waals surface area contributed by atoms with E-state index in [2.05, 4.69) is 53.5 Å². The number of benzene rings is 5. The van der Waals surface area contributed by atoms with Gasteiger partial charge in [0.15, 0.2) is 17.2 Å². The molecule has 0 atom stereocenters. The molecule has 0 saturated heterocycles. The van der Waals surface area contributed by atoms with E-state index < -0.39 is 0 Å². The van der Waals surface area contributed by atoms with Crippen LogP contribution >= 0.6 is 0 Å². The van der Waals surface area contributed by atoms with Crippen molar-refractivity contribution < 1.29 is 0 Å². The molecule has 0 aliphatic heterocycles. The smallest absolute Gasteiger partial charge is 0.189 e. The van der Waals surface area contributed by atoms with Crippen molar-refractivity contribution in [3.8, 4) is 51.5 Å². The lowest BCUT2D eigenvalue weighted by molar-refractivity contribution is 1.05. The highest BCUT2D eigenvalue weighted by Gasteiger charge is 2.18. The molecule has 45 heavy (non-hydrogen) atoms. The maximum absolute atomic E-state index is 9.60. The highest BCUT2D eigenvalue weighted by atomic mass is 15.0. The summed E-state index contributed by atoms with van der Waals surface area (Å²) in [5.41, 5.74) is 8.48. The van der Waals surface area contributed by atoms with Crippen molar-refractivity contribution in [2.45, 2.75) is 0 Å². The second-order valence-corrected chi connectivity index (χ2v) is 10.3. The zero-order chi connectivity index (χ0) is 30.9. The Balaban J connectivity index is 1.54. The molecule has 0 aliphatic rings. The van der Waals surface area contributed by atoms with Crippen molar-refractivity contribution in [3.63, 3.8) is 0 Å². The molecular formula is C37H18N8. The summed E-state index contributed by atoms with van der Waals surface area (Å²) in [6, 6.07) is 34.8. The Kier molecular flexibility index (Phi) is 6.50. The summed E-state index contributed by atoms with van der Waals surface area (Å²) >= 11 is 0. The van der Waals surface area contributed by atoms with Crippen molar-refractivity contribution in [3.05, 3.63) is 144 Å². The number of nitrogens with zero attached hydrogens (tertiary/aromatic N) is 8. The van der Waals surface area contributed by atoms with Crippen LogP contribution in [0, 0.1) is 35.8 Å². The van der Waals surface area contributed by atoms with Crippen LogP contribution in [-0.4, -0.2) is 19.5 Å². The van der Waals surface area contributed by atoms with Crippen molar-refractivity contribution >= 4 is 33.2 Å². The molecule has 206 valence electrons. The third kappa shape index (κ3) is 4.68. The molecular weight excluding hydrogens is 556 g/mol. The van der Waals surface area contributed by atoms with Crippen LogP contribution in [0.1, 0.15) is 11.1 Å². The van der Waals surface area contributed by atoms with E-state index in [1.165, 1.54) is 12.7 Å². The number of hydrogen-bond donors (Lipinski definition) is 0. The minimum Gasteiger partial charge on any atom is -0.309 e. The number of nitriles is 2. The van der Waals surface area contributed by atoms with Crippen LogP contribution < -0.4 is 0 Å². The van der Waals surface area contributed by atoms with Gasteiger partial charge in [0, 0.05) is 27.5 Å². The minimum absolute atomic E-state index is 0.396. The van der Waals surface area contributed by atoms with Gasteiger partial charge in [0.2, 0.25) is 0 Å². The van der Waals surface area contributed by atoms with Crippen molar-refractivity contribution in [2.75, 3.05) is 0 Å². The van der Waals surface area contributed by atoms with Gasteiger partial charge in [-0.2, -0.15) is 10.5 Å². The molecule has 0 radical (unpaired) electrons. The number of aromatic nitrogens is 4. The normalized spacial score (nSPS) is 10.6. The van der Waals surface area contributed by atoms with E-state index in [0.29, 0.717) is 28.3 Å². The van der Waals surface area contributed by atoms with Gasteiger partial charge in [-0.3, -0.25) is 0 Å². The molecule has 7 rings (SSSR count). The molecule has 8 heteroatoms. The summed E-state index contributed by atoms with van der Waals surface area (Å²) in [5, 5.41) is 21.1. The predicted molar refractivity (Wildman–Crippen MR) is 172 cm³/mol. The molecule has 8 nitrogen and oxygen atoms in total. The molecule has 5 aromatic carbocycles. The molecule has 0 unspecified atom stereocenters. The first-order chi connectivity index (χ1) is 22.1. The fraction of sp³-hybridized carbons (Fsp3) is 0. The molecule has 0 fully saturated rings. The lowest BCUT2D eigenvalue weighted by atomic mass is 9.98. The second kappa shape index (κ2) is 10.9. The molecule has 0 bridgehead atoms. The lowest BCUT2D eigenvalue weighted by Gasteiger charge is -2.13. The highest BCUT2D eigenvalue weighted by molar-refractivity contribution is 6.12. The molecule has 0 spiro atoms. The van der Waals surface area contributed by atoms with Gasteiger partial charge < -0.3 is 4.57 Å². The molecule has 2 aromatic heterocycles. The van der Waals surface area contributed by atoms with Crippen LogP contribution in [0.3, 0.4) is 0 Å². The van der Waals surface area contributed by atoms with Gasteiger partial charge in [0.1, 0.15) is 12.7 Å². The summed E-state index contributed by atoms with van der Waals surface area (Å²) in [4.78, 5) is 20.0. The number of fused-ring (bicyclic) bond motifs is 3. The van der Waals surface area contributed by atoms with Gasteiger partial charge in [0.25, 0.3) is 0 Å². The molecule has 0 aliphatic carbocycles. The average molecular weight is 575 g/mol. The van der Waals surface area contributed by atoms with E-state index >= 15 is 0 Å². The van der Waals surface area contributed by atoms with Crippen LogP contribution in [0.5, 0.6) is 0 Å². The van der Waals surface area contributed by atoms with Crippen molar-refractivity contribution in [2.24, 2.45) is 0 Å². The first-order valence-corrected chi connectivity index (χ1v) is 13.8. The Hall–Kier alpha value is -7.13. The van der Waals surface area contributed by atoms with E-state index in [1.807, 2.05) is 48.5 Å². The van der Waals surface area contributed by atoms with E-state index in [9.17, 15) is 10.5 Å². The second-order valence-electron chi connectivity index (χ2n) is 10.3. The molecule has 0 amide bonds. The lowest BCUT2D eigenvalue weighted by Crippen LogP contribution is -1.99. The third-order valence-corrected chi connectivity index (χ3v) is 7.66. The fourth-order valence-corrected chi connectivity index (χ4v) is 5.69. The molecule has 0 saturated carbocycles. The van der Waals surface area contributed by atoms with Crippen LogP contribution in [0.15, 0.2) is 110 Å². The monoisotopic (exact) mass is 574 g/mol. The summed E-state index contributed by atoms with van der Waals surface area (Å²) in [5.74, 6) is 0.545. The SMILES string of the molecule is [C-]#[N+]c1cc(C#N)cc(-c2ccc3c(c2)c2cc(-c4cc(C#N)cc([N+]#[C-])c4)ccc2n3-c2ccccc2-c2ncncn2)c1. The Morgan fingerprint density at radius 2 is 1.13 bits per heavy atom. The Bertz CT molecular complexity index is 2290. The molecule has 7 aromatic rings. The Morgan fingerprint density at radius 3 is 1.64 bits per heavy atom. The average Bonchev–Trinajstić information content (AvgIpc) is 3.44. The highest BCUT2D eigenvalue weighted by Crippen LogP contribution is 2.40. The first-order valence-electron chi connectivity index (χ1n) is 13.8. The van der Waals surface area contributed by atoms with Crippen LogP contribution in [0.25, 0.3) is 70.8 Å². The Morgan fingerprint density at radius 1 is 0.600 bits per heavy atom. The minimum atomic E-state index is 0.396. The van der Waals surface area contributed by atoms with Crippen LogP contribution in [0.4, 0.5) is 11.4 Å². The van der Waals surface area contributed by atoms with Gasteiger partial charge in [0.05, 0.1) is 42.0 Å². The summed E-state index contributed by atoms with van der Waals surface area (Å²) in [6.07, 6.45) is 2.95. The van der Waals surface area contributed by atoms with E-state index in [-0.39, 0.29) is 0 Å². The fourth-order valence-electron chi connectivity index (χ4n) is 5.69. The van der Waals surface area contributed by atoms with Gasteiger partial charge in [-0.1, -0.05) is 24.3 Å². The van der Waals surface area contributed by atoms with E-state index in [4.69, 9.17) is 13.1 Å². The van der Waals surface area contributed by atoms with Crippen LogP contribution in [0.2, 0.25) is 0 Å². The maximum Gasteiger partial charge on any atom is 0.189 e. The quantitative estimate of drug-likeness (QED) is 0.196. The van der Waals surface area contributed by atoms with Gasteiger partial charge >= 0.3 is 0 Å². The maximum atomic E-state index is 9.60.